The SMILES string of the molecule is CCN(Cc1cc(NC(=O)OCC(C)c2ccccc2C)ccc1-c1ccccc1)C(=O)CNc1ccc2cc[nH]c(=O)c2c1. The lowest BCUT2D eigenvalue weighted by Crippen LogP contribution is -2.35. The van der Waals surface area contributed by atoms with Gasteiger partial charge in [-0.25, -0.2) is 4.79 Å². The molecule has 0 bridgehead atoms. The van der Waals surface area contributed by atoms with Crippen LogP contribution in [0.4, 0.5) is 16.2 Å². The van der Waals surface area contributed by atoms with Gasteiger partial charge >= 0.3 is 6.09 Å². The van der Waals surface area contributed by atoms with E-state index in [1.54, 1.807) is 17.2 Å². The van der Waals surface area contributed by atoms with Crippen molar-refractivity contribution in [2.45, 2.75) is 33.2 Å². The van der Waals surface area contributed by atoms with Crippen molar-refractivity contribution in [1.29, 1.82) is 0 Å². The lowest BCUT2D eigenvalue weighted by Gasteiger charge is -2.24. The minimum absolute atomic E-state index is 0.0565. The number of likely N-dealkylation sites (N-methyl/N-ethyl adjacent to an activating group) is 1. The van der Waals surface area contributed by atoms with Crippen molar-refractivity contribution < 1.29 is 14.3 Å². The van der Waals surface area contributed by atoms with Gasteiger partial charge in [-0.2, -0.15) is 0 Å². The summed E-state index contributed by atoms with van der Waals surface area (Å²) < 4.78 is 5.58. The Kier molecular flexibility index (Phi) is 9.94. The van der Waals surface area contributed by atoms with Gasteiger partial charge in [-0.3, -0.25) is 14.9 Å². The highest BCUT2D eigenvalue weighted by molar-refractivity contribution is 5.87. The summed E-state index contributed by atoms with van der Waals surface area (Å²) in [6.45, 7) is 7.17. The Morgan fingerprint density at radius 2 is 1.67 bits per heavy atom. The topological polar surface area (TPSA) is 104 Å². The highest BCUT2D eigenvalue weighted by Crippen LogP contribution is 2.28. The first-order valence-corrected chi connectivity index (χ1v) is 15.1. The van der Waals surface area contributed by atoms with Crippen molar-refractivity contribution >= 4 is 34.1 Å². The zero-order valence-corrected chi connectivity index (χ0v) is 25.8. The number of fused-ring (bicyclic) bond motifs is 1. The van der Waals surface area contributed by atoms with Crippen LogP contribution < -0.4 is 16.2 Å². The van der Waals surface area contributed by atoms with Crippen LogP contribution in [0.2, 0.25) is 0 Å². The van der Waals surface area contributed by atoms with Crippen LogP contribution in [0.25, 0.3) is 21.9 Å². The molecule has 2 amide bonds. The molecule has 0 spiro atoms. The number of benzene rings is 4. The van der Waals surface area contributed by atoms with Gasteiger partial charge in [-0.15, -0.1) is 0 Å². The van der Waals surface area contributed by atoms with Gasteiger partial charge in [0.2, 0.25) is 5.91 Å². The molecule has 0 aliphatic carbocycles. The molecule has 8 heteroatoms. The molecule has 1 aromatic heterocycles. The second kappa shape index (κ2) is 14.4. The fourth-order valence-corrected chi connectivity index (χ4v) is 5.45. The molecular weight excluding hydrogens is 564 g/mol. The molecule has 4 aromatic carbocycles. The normalized spacial score (nSPS) is 11.5. The lowest BCUT2D eigenvalue weighted by atomic mass is 9.97. The molecule has 3 N–H and O–H groups in total. The van der Waals surface area contributed by atoms with Gasteiger partial charge < -0.3 is 19.9 Å². The number of H-pyrrole nitrogens is 1. The zero-order valence-electron chi connectivity index (χ0n) is 25.8. The highest BCUT2D eigenvalue weighted by Gasteiger charge is 2.17. The first-order chi connectivity index (χ1) is 21.8. The molecule has 0 saturated carbocycles. The van der Waals surface area contributed by atoms with Crippen molar-refractivity contribution in [3.8, 4) is 11.1 Å². The Hall–Kier alpha value is -5.37. The number of ether oxygens (including phenoxy) is 1. The fourth-order valence-electron chi connectivity index (χ4n) is 5.45. The maximum absolute atomic E-state index is 13.4. The minimum Gasteiger partial charge on any atom is -0.449 e. The number of aromatic nitrogens is 1. The van der Waals surface area contributed by atoms with Gasteiger partial charge in [0.25, 0.3) is 5.56 Å². The summed E-state index contributed by atoms with van der Waals surface area (Å²) in [7, 11) is 0. The molecule has 1 heterocycles. The fraction of sp³-hybridized carbons (Fsp3) is 0.216. The number of nitrogens with zero attached hydrogens (tertiary/aromatic N) is 1. The molecule has 8 nitrogen and oxygen atoms in total. The van der Waals surface area contributed by atoms with Crippen LogP contribution in [-0.2, 0) is 16.1 Å². The van der Waals surface area contributed by atoms with Crippen LogP contribution in [0.5, 0.6) is 0 Å². The van der Waals surface area contributed by atoms with Gasteiger partial charge in [0, 0.05) is 42.0 Å². The van der Waals surface area contributed by atoms with E-state index in [0.717, 1.165) is 33.2 Å². The number of carbonyl (C=O) groups excluding carboxylic acids is 2. The molecule has 1 unspecified atom stereocenters. The van der Waals surface area contributed by atoms with Gasteiger partial charge in [0.1, 0.15) is 0 Å². The van der Waals surface area contributed by atoms with E-state index in [1.807, 2.05) is 106 Å². The predicted molar refractivity (Wildman–Crippen MR) is 181 cm³/mol. The largest absolute Gasteiger partial charge is 0.449 e. The second-order valence-corrected chi connectivity index (χ2v) is 11.1. The van der Waals surface area contributed by atoms with E-state index >= 15 is 0 Å². The summed E-state index contributed by atoms with van der Waals surface area (Å²) in [5.74, 6) is -0.0393. The molecular formula is C37H38N4O4. The van der Waals surface area contributed by atoms with E-state index in [4.69, 9.17) is 4.74 Å². The van der Waals surface area contributed by atoms with Crippen LogP contribution >= 0.6 is 0 Å². The Balaban J connectivity index is 1.29. The third-order valence-electron chi connectivity index (χ3n) is 7.93. The number of pyridine rings is 1. The predicted octanol–water partition coefficient (Wildman–Crippen LogP) is 7.32. The average Bonchev–Trinajstić information content (AvgIpc) is 3.06. The van der Waals surface area contributed by atoms with Crippen molar-refractivity contribution in [2.24, 2.45) is 0 Å². The van der Waals surface area contributed by atoms with Crippen molar-refractivity contribution in [3.05, 3.63) is 130 Å². The summed E-state index contributed by atoms with van der Waals surface area (Å²) >= 11 is 0. The molecule has 230 valence electrons. The van der Waals surface area contributed by atoms with E-state index in [2.05, 4.69) is 21.7 Å². The standard InChI is InChI=1S/C37H38N4O4/c1-4-41(35(42)22-39-30-15-14-28-18-19-38-36(43)34(28)21-30)23-29-20-31(16-17-33(29)27-11-6-5-7-12-27)40-37(44)45-24-26(3)32-13-9-8-10-25(32)2/h5-21,26,39H,4,22-24H2,1-3H3,(H,38,43)(H,40,44). The molecule has 0 radical (unpaired) electrons. The van der Waals surface area contributed by atoms with Gasteiger partial charge in [0.15, 0.2) is 0 Å². The monoisotopic (exact) mass is 602 g/mol. The van der Waals surface area contributed by atoms with Gasteiger partial charge in [-0.05, 0) is 77.4 Å². The number of rotatable bonds is 11. The van der Waals surface area contributed by atoms with Gasteiger partial charge in [0.05, 0.1) is 13.2 Å². The summed E-state index contributed by atoms with van der Waals surface area (Å²) in [6, 6.07) is 31.0. The Morgan fingerprint density at radius 1 is 0.911 bits per heavy atom. The van der Waals surface area contributed by atoms with E-state index in [-0.39, 0.29) is 30.5 Å². The maximum Gasteiger partial charge on any atom is 0.411 e. The molecule has 0 aliphatic heterocycles. The average molecular weight is 603 g/mol. The lowest BCUT2D eigenvalue weighted by molar-refractivity contribution is -0.129. The molecule has 45 heavy (non-hydrogen) atoms. The Bertz CT molecular complexity index is 1850. The first-order valence-electron chi connectivity index (χ1n) is 15.1. The number of aromatic amines is 1. The Labute approximate surface area is 263 Å². The van der Waals surface area contributed by atoms with E-state index in [9.17, 15) is 14.4 Å². The number of hydrogen-bond donors (Lipinski definition) is 3. The molecule has 5 rings (SSSR count). The summed E-state index contributed by atoms with van der Waals surface area (Å²) in [4.78, 5) is 42.8. The molecule has 5 aromatic rings. The molecule has 0 saturated heterocycles. The van der Waals surface area contributed by atoms with Crippen molar-refractivity contribution in [3.63, 3.8) is 0 Å². The minimum atomic E-state index is -0.532. The number of aryl methyl sites for hydroxylation is 1. The summed E-state index contributed by atoms with van der Waals surface area (Å²) in [5, 5.41) is 7.42. The molecule has 0 aliphatic rings. The summed E-state index contributed by atoms with van der Waals surface area (Å²) in [6.07, 6.45) is 1.08. The van der Waals surface area contributed by atoms with E-state index < -0.39 is 6.09 Å². The zero-order chi connectivity index (χ0) is 31.8. The first kappa shape index (κ1) is 31.1. The second-order valence-electron chi connectivity index (χ2n) is 11.1. The van der Waals surface area contributed by atoms with Gasteiger partial charge in [-0.1, -0.05) is 73.7 Å². The number of carbonyl (C=O) groups is 2. The summed E-state index contributed by atoms with van der Waals surface area (Å²) in [5.41, 5.74) is 6.27. The van der Waals surface area contributed by atoms with Crippen molar-refractivity contribution in [2.75, 3.05) is 30.3 Å². The van der Waals surface area contributed by atoms with Crippen LogP contribution in [0.15, 0.2) is 108 Å². The van der Waals surface area contributed by atoms with Crippen LogP contribution in [0.1, 0.15) is 36.5 Å². The molecule has 0 fully saturated rings. The quantitative estimate of drug-likeness (QED) is 0.147. The highest BCUT2D eigenvalue weighted by atomic mass is 16.5. The van der Waals surface area contributed by atoms with Crippen molar-refractivity contribution in [1.82, 2.24) is 9.88 Å². The third-order valence-corrected chi connectivity index (χ3v) is 7.93. The van der Waals surface area contributed by atoms with E-state index in [1.165, 1.54) is 0 Å². The van der Waals surface area contributed by atoms with Crippen LogP contribution in [-0.4, -0.2) is 41.6 Å². The number of amides is 2. The number of nitrogens with one attached hydrogen (secondary N) is 3. The molecule has 1 atom stereocenters. The number of hydrogen-bond acceptors (Lipinski definition) is 5. The third kappa shape index (κ3) is 7.78. The van der Waals surface area contributed by atoms with E-state index in [0.29, 0.717) is 29.9 Å². The Morgan fingerprint density at radius 3 is 2.44 bits per heavy atom. The van der Waals surface area contributed by atoms with Crippen LogP contribution in [0.3, 0.4) is 0 Å². The smallest absolute Gasteiger partial charge is 0.411 e. The number of anilines is 2. The maximum atomic E-state index is 13.4. The van der Waals surface area contributed by atoms with Crippen LogP contribution in [0, 0.1) is 6.92 Å².